The Morgan fingerprint density at radius 2 is 1.55 bits per heavy atom. The number of hydrogen-bond acceptors (Lipinski definition) is 8. The van der Waals surface area contributed by atoms with Crippen molar-refractivity contribution in [3.63, 3.8) is 0 Å². The second-order valence-corrected chi connectivity index (χ2v) is 11.3. The second-order valence-electron chi connectivity index (χ2n) is 11.3. The van der Waals surface area contributed by atoms with Gasteiger partial charge in [-0.05, 0) is 53.4 Å². The summed E-state index contributed by atoms with van der Waals surface area (Å²) in [5.41, 5.74) is 2.29. The number of hydrogen-bond donors (Lipinski definition) is 3. The SMILES string of the molecule is Cn1nc(C(F)(F)F)cc1-c1ccc(OCc2ccc(CNCc3ccc4c(c3)C(=O)N(C3CCC(=O)NC3=O)C4=O)cc2)cc1O. The normalized spacial score (nSPS) is 16.4. The topological polar surface area (TPSA) is 143 Å². The van der Waals surface area contributed by atoms with E-state index in [0.29, 0.717) is 18.8 Å². The molecule has 3 N–H and O–H groups in total. The molecule has 1 atom stereocenters. The van der Waals surface area contributed by atoms with E-state index in [1.54, 1.807) is 24.3 Å². The number of nitrogens with one attached hydrogen (secondary N) is 2. The van der Waals surface area contributed by atoms with Gasteiger partial charge < -0.3 is 15.2 Å². The van der Waals surface area contributed by atoms with Crippen LogP contribution in [-0.2, 0) is 42.5 Å². The van der Waals surface area contributed by atoms with Crippen molar-refractivity contribution in [3.05, 3.63) is 100 Å². The number of phenols is 1. The van der Waals surface area contributed by atoms with Crippen LogP contribution in [-0.4, -0.2) is 49.5 Å². The highest BCUT2D eigenvalue weighted by molar-refractivity contribution is 6.23. The van der Waals surface area contributed by atoms with Crippen LogP contribution in [0.25, 0.3) is 11.3 Å². The quantitative estimate of drug-likeness (QED) is 0.231. The average Bonchev–Trinajstić information content (AvgIpc) is 3.53. The van der Waals surface area contributed by atoms with Crippen LogP contribution in [0.4, 0.5) is 13.2 Å². The zero-order chi connectivity index (χ0) is 33.5. The molecular weight excluding hydrogens is 619 g/mol. The predicted molar refractivity (Wildman–Crippen MR) is 160 cm³/mol. The number of halogens is 3. The molecule has 2 aliphatic heterocycles. The number of carbonyl (C=O) groups excluding carboxylic acids is 4. The number of nitrogens with zero attached hydrogens (tertiary/aromatic N) is 3. The van der Waals surface area contributed by atoms with Crippen LogP contribution < -0.4 is 15.4 Å². The third kappa shape index (κ3) is 6.45. The van der Waals surface area contributed by atoms with Crippen LogP contribution in [0.2, 0.25) is 0 Å². The third-order valence-electron chi connectivity index (χ3n) is 8.01. The lowest BCUT2D eigenvalue weighted by Gasteiger charge is -2.27. The van der Waals surface area contributed by atoms with E-state index in [9.17, 15) is 37.5 Å². The highest BCUT2D eigenvalue weighted by Crippen LogP contribution is 2.36. The summed E-state index contributed by atoms with van der Waals surface area (Å²) in [5, 5.41) is 19.4. The van der Waals surface area contributed by atoms with Crippen molar-refractivity contribution in [1.29, 1.82) is 0 Å². The lowest BCUT2D eigenvalue weighted by molar-refractivity contribution is -0.141. The molecule has 4 aromatic rings. The van der Waals surface area contributed by atoms with Crippen molar-refractivity contribution in [2.45, 2.75) is 44.8 Å². The van der Waals surface area contributed by atoms with E-state index in [2.05, 4.69) is 15.7 Å². The number of aromatic nitrogens is 2. The third-order valence-corrected chi connectivity index (χ3v) is 8.01. The Bertz CT molecular complexity index is 1900. The van der Waals surface area contributed by atoms with Gasteiger partial charge in [-0.2, -0.15) is 18.3 Å². The molecule has 0 bridgehead atoms. The Morgan fingerprint density at radius 3 is 2.23 bits per heavy atom. The van der Waals surface area contributed by atoms with Crippen molar-refractivity contribution >= 4 is 23.6 Å². The first-order valence-electron chi connectivity index (χ1n) is 14.6. The van der Waals surface area contributed by atoms with Gasteiger partial charge in [0, 0.05) is 38.2 Å². The number of benzene rings is 3. The minimum atomic E-state index is -4.60. The van der Waals surface area contributed by atoms with Crippen LogP contribution in [0.5, 0.6) is 11.5 Å². The summed E-state index contributed by atoms with van der Waals surface area (Å²) in [6, 6.07) is 16.8. The molecule has 4 amide bonds. The molecule has 2 aliphatic rings. The van der Waals surface area contributed by atoms with Crippen LogP contribution in [0.3, 0.4) is 0 Å². The number of piperidine rings is 1. The van der Waals surface area contributed by atoms with Gasteiger partial charge in [-0.15, -0.1) is 0 Å². The number of amides is 4. The number of alkyl halides is 3. The Morgan fingerprint density at radius 1 is 0.894 bits per heavy atom. The van der Waals surface area contributed by atoms with Crippen molar-refractivity contribution in [2.75, 3.05) is 0 Å². The van der Waals surface area contributed by atoms with Crippen molar-refractivity contribution < 1.29 is 42.2 Å². The monoisotopic (exact) mass is 647 g/mol. The van der Waals surface area contributed by atoms with Crippen LogP contribution in [0.15, 0.2) is 66.7 Å². The van der Waals surface area contributed by atoms with E-state index in [4.69, 9.17) is 4.74 Å². The second kappa shape index (κ2) is 12.4. The summed E-state index contributed by atoms with van der Waals surface area (Å²) in [6.45, 7) is 1.11. The molecular formula is C33H28F3N5O6. The first-order chi connectivity index (χ1) is 22.4. The van der Waals surface area contributed by atoms with Gasteiger partial charge in [-0.3, -0.25) is 34.1 Å². The summed E-state index contributed by atoms with van der Waals surface area (Å²) in [5.74, 6) is -2.10. The highest BCUT2D eigenvalue weighted by Gasteiger charge is 2.44. The highest BCUT2D eigenvalue weighted by atomic mass is 19.4. The van der Waals surface area contributed by atoms with Gasteiger partial charge in [0.25, 0.3) is 11.8 Å². The zero-order valence-electron chi connectivity index (χ0n) is 24.9. The number of aromatic hydroxyl groups is 1. The number of imide groups is 2. The lowest BCUT2D eigenvalue weighted by Crippen LogP contribution is -2.54. The fraction of sp³-hybridized carbons (Fsp3) is 0.242. The molecule has 0 spiro atoms. The molecule has 0 saturated carbocycles. The number of phenolic OH excluding ortho intramolecular Hbond substituents is 1. The minimum absolute atomic E-state index is 0.0542. The molecule has 3 heterocycles. The van der Waals surface area contributed by atoms with E-state index in [1.165, 1.54) is 19.2 Å². The maximum atomic E-state index is 13.1. The predicted octanol–water partition coefficient (Wildman–Crippen LogP) is 4.08. The van der Waals surface area contributed by atoms with E-state index < -0.39 is 41.5 Å². The number of aryl methyl sites for hydroxylation is 1. The lowest BCUT2D eigenvalue weighted by atomic mass is 10.0. The molecule has 1 fully saturated rings. The van der Waals surface area contributed by atoms with Crippen LogP contribution >= 0.6 is 0 Å². The summed E-state index contributed by atoms with van der Waals surface area (Å²) in [7, 11) is 1.37. The molecule has 3 aromatic carbocycles. The fourth-order valence-corrected chi connectivity index (χ4v) is 5.57. The van der Waals surface area contributed by atoms with Gasteiger partial charge in [0.2, 0.25) is 11.8 Å². The first kappa shape index (κ1) is 31.5. The Kier molecular flexibility index (Phi) is 8.28. The van der Waals surface area contributed by atoms with Crippen molar-refractivity contribution in [2.24, 2.45) is 7.05 Å². The smallest absolute Gasteiger partial charge is 0.435 e. The summed E-state index contributed by atoms with van der Waals surface area (Å²) >= 11 is 0. The molecule has 0 radical (unpaired) electrons. The standard InChI is InChI=1S/C33H28F3N5O6/c1-40-26(14-28(39-40)33(34,35)36)23-9-7-21(13-27(23)42)47-17-19-4-2-18(3-5-19)15-37-16-20-6-8-22-24(12-20)32(46)41(31(22)45)25-10-11-29(43)38-30(25)44/h2-9,12-14,25,37,42H,10-11,15-17H2,1H3,(H,38,43,44). The first-order valence-corrected chi connectivity index (χ1v) is 14.6. The molecule has 242 valence electrons. The zero-order valence-corrected chi connectivity index (χ0v) is 24.9. The largest absolute Gasteiger partial charge is 0.507 e. The molecule has 0 aliphatic carbocycles. The van der Waals surface area contributed by atoms with E-state index >= 15 is 0 Å². The molecule has 47 heavy (non-hydrogen) atoms. The van der Waals surface area contributed by atoms with Crippen molar-refractivity contribution in [1.82, 2.24) is 25.3 Å². The minimum Gasteiger partial charge on any atom is -0.507 e. The molecule has 11 nitrogen and oxygen atoms in total. The van der Waals surface area contributed by atoms with E-state index in [-0.39, 0.29) is 47.6 Å². The number of ether oxygens (including phenoxy) is 1. The van der Waals surface area contributed by atoms with Gasteiger partial charge >= 0.3 is 6.18 Å². The summed E-state index contributed by atoms with van der Waals surface area (Å²) in [4.78, 5) is 50.6. The average molecular weight is 648 g/mol. The summed E-state index contributed by atoms with van der Waals surface area (Å²) in [6.07, 6.45) is -4.45. The number of rotatable bonds is 9. The molecule has 6 rings (SSSR count). The number of carbonyl (C=O) groups is 4. The maximum Gasteiger partial charge on any atom is 0.435 e. The Labute approximate surface area is 265 Å². The van der Waals surface area contributed by atoms with Crippen molar-refractivity contribution in [3.8, 4) is 22.8 Å². The summed E-state index contributed by atoms with van der Waals surface area (Å²) < 4.78 is 45.9. The van der Waals surface area contributed by atoms with Gasteiger partial charge in [0.1, 0.15) is 24.1 Å². The van der Waals surface area contributed by atoms with Crippen LogP contribution in [0, 0.1) is 0 Å². The number of fused-ring (bicyclic) bond motifs is 1. The van der Waals surface area contributed by atoms with Gasteiger partial charge in [-0.1, -0.05) is 30.3 Å². The Hall–Kier alpha value is -5.50. The van der Waals surface area contributed by atoms with Gasteiger partial charge in [-0.25, -0.2) is 0 Å². The van der Waals surface area contributed by atoms with Crippen LogP contribution in [0.1, 0.15) is 55.9 Å². The molecule has 1 saturated heterocycles. The molecule has 1 aromatic heterocycles. The van der Waals surface area contributed by atoms with Gasteiger partial charge in [0.15, 0.2) is 5.69 Å². The molecule has 1 unspecified atom stereocenters. The van der Waals surface area contributed by atoms with E-state index in [1.807, 2.05) is 24.3 Å². The van der Waals surface area contributed by atoms with E-state index in [0.717, 1.165) is 32.3 Å². The fourth-order valence-electron chi connectivity index (χ4n) is 5.57. The maximum absolute atomic E-state index is 13.1. The Balaban J connectivity index is 1.01. The van der Waals surface area contributed by atoms with Gasteiger partial charge in [0.05, 0.1) is 16.8 Å². The molecule has 14 heteroatoms.